The van der Waals surface area contributed by atoms with E-state index in [-0.39, 0.29) is 12.4 Å². The van der Waals surface area contributed by atoms with Crippen molar-refractivity contribution in [2.24, 2.45) is 7.05 Å². The Kier molecular flexibility index (Phi) is 4.50. The maximum absolute atomic E-state index is 12.6. The number of nitrogens with zero attached hydrogens (tertiary/aromatic N) is 4. The summed E-state index contributed by atoms with van der Waals surface area (Å²) in [6.07, 6.45) is -1.72. The van der Waals surface area contributed by atoms with Gasteiger partial charge in [0.2, 0.25) is 0 Å². The zero-order valence-electron chi connectivity index (χ0n) is 11.9. The second-order valence-electron chi connectivity index (χ2n) is 4.38. The van der Waals surface area contributed by atoms with E-state index >= 15 is 0 Å². The highest BCUT2D eigenvalue weighted by atomic mass is 19.4. The number of ether oxygens (including phenoxy) is 1. The SMILES string of the molecule is CCOCn1cc(NC(=O)c2cc(C(F)(F)F)nn2C)cn1. The number of nitrogens with one attached hydrogen (secondary N) is 1. The van der Waals surface area contributed by atoms with E-state index in [0.717, 1.165) is 4.68 Å². The Morgan fingerprint density at radius 1 is 1.45 bits per heavy atom. The summed E-state index contributed by atoms with van der Waals surface area (Å²) in [5.74, 6) is -0.707. The van der Waals surface area contributed by atoms with Crippen LogP contribution in [-0.2, 0) is 24.7 Å². The molecule has 0 aliphatic carbocycles. The van der Waals surface area contributed by atoms with Crippen LogP contribution in [0.1, 0.15) is 23.1 Å². The molecule has 2 heterocycles. The predicted octanol–water partition coefficient (Wildman–Crippen LogP) is 1.88. The molecule has 0 aliphatic rings. The number of halogens is 3. The third kappa shape index (κ3) is 3.64. The lowest BCUT2D eigenvalue weighted by Crippen LogP contribution is -2.15. The van der Waals surface area contributed by atoms with Crippen molar-refractivity contribution in [2.45, 2.75) is 19.8 Å². The Bertz CT molecular complexity index is 662. The first-order valence-corrected chi connectivity index (χ1v) is 6.34. The van der Waals surface area contributed by atoms with Crippen LogP contribution >= 0.6 is 0 Å². The highest BCUT2D eigenvalue weighted by Gasteiger charge is 2.35. The fraction of sp³-hybridized carbons (Fsp3) is 0.417. The highest BCUT2D eigenvalue weighted by molar-refractivity contribution is 6.03. The van der Waals surface area contributed by atoms with E-state index in [1.165, 1.54) is 24.1 Å². The molecule has 2 aromatic heterocycles. The number of rotatable bonds is 5. The number of aromatic nitrogens is 4. The van der Waals surface area contributed by atoms with Crippen LogP contribution in [0.15, 0.2) is 18.5 Å². The maximum Gasteiger partial charge on any atom is 0.435 e. The summed E-state index contributed by atoms with van der Waals surface area (Å²) in [5, 5.41) is 9.68. The minimum Gasteiger partial charge on any atom is -0.360 e. The van der Waals surface area contributed by atoms with Gasteiger partial charge in [0.15, 0.2) is 5.69 Å². The number of hydrogen-bond donors (Lipinski definition) is 1. The zero-order valence-corrected chi connectivity index (χ0v) is 11.9. The Balaban J connectivity index is 2.09. The van der Waals surface area contributed by atoms with Crippen LogP contribution < -0.4 is 5.32 Å². The number of hydrogen-bond acceptors (Lipinski definition) is 4. The maximum atomic E-state index is 12.6. The number of aryl methyl sites for hydroxylation is 1. The van der Waals surface area contributed by atoms with Gasteiger partial charge in [-0.25, -0.2) is 4.68 Å². The van der Waals surface area contributed by atoms with Crippen LogP contribution in [0.25, 0.3) is 0 Å². The van der Waals surface area contributed by atoms with Crippen LogP contribution in [0.4, 0.5) is 18.9 Å². The summed E-state index contributed by atoms with van der Waals surface area (Å²) < 4.78 is 45.1. The van der Waals surface area contributed by atoms with Gasteiger partial charge in [0.05, 0.1) is 18.1 Å². The van der Waals surface area contributed by atoms with Gasteiger partial charge in [0.25, 0.3) is 5.91 Å². The minimum absolute atomic E-state index is 0.204. The lowest BCUT2D eigenvalue weighted by molar-refractivity contribution is -0.141. The summed E-state index contributed by atoms with van der Waals surface area (Å²) in [4.78, 5) is 12.0. The molecule has 22 heavy (non-hydrogen) atoms. The summed E-state index contributed by atoms with van der Waals surface area (Å²) >= 11 is 0. The van der Waals surface area contributed by atoms with Crippen molar-refractivity contribution < 1.29 is 22.7 Å². The molecule has 7 nitrogen and oxygen atoms in total. The minimum atomic E-state index is -4.60. The summed E-state index contributed by atoms with van der Waals surface area (Å²) in [5.41, 5.74) is -0.975. The first-order chi connectivity index (χ1) is 10.3. The molecular formula is C12H14F3N5O2. The monoisotopic (exact) mass is 317 g/mol. The van der Waals surface area contributed by atoms with Gasteiger partial charge < -0.3 is 10.1 Å². The van der Waals surface area contributed by atoms with Crippen LogP contribution in [0.3, 0.4) is 0 Å². The molecule has 1 N–H and O–H groups in total. The standard InChI is InChI=1S/C12H14F3N5O2/c1-3-22-7-20-6-8(5-16-20)17-11(21)9-4-10(12(13,14)15)18-19(9)2/h4-6H,3,7H2,1-2H3,(H,17,21). The van der Waals surface area contributed by atoms with E-state index in [9.17, 15) is 18.0 Å². The average molecular weight is 317 g/mol. The molecule has 0 unspecified atom stereocenters. The first kappa shape index (κ1) is 16.0. The Hall–Kier alpha value is -2.36. The van der Waals surface area contributed by atoms with Crippen molar-refractivity contribution in [1.82, 2.24) is 19.6 Å². The van der Waals surface area contributed by atoms with E-state index in [2.05, 4.69) is 15.5 Å². The van der Waals surface area contributed by atoms with E-state index in [1.807, 2.05) is 6.92 Å². The second kappa shape index (κ2) is 6.18. The van der Waals surface area contributed by atoms with Crippen LogP contribution in [0, 0.1) is 0 Å². The van der Waals surface area contributed by atoms with Crippen molar-refractivity contribution in [1.29, 1.82) is 0 Å². The molecule has 0 bridgehead atoms. The molecule has 1 amide bonds. The summed E-state index contributed by atoms with van der Waals surface area (Å²) in [6, 6.07) is 0.694. The second-order valence-corrected chi connectivity index (χ2v) is 4.38. The molecule has 0 saturated carbocycles. The van der Waals surface area contributed by atoms with Gasteiger partial charge in [0.1, 0.15) is 12.4 Å². The molecule has 120 valence electrons. The van der Waals surface area contributed by atoms with Crippen molar-refractivity contribution in [3.63, 3.8) is 0 Å². The zero-order chi connectivity index (χ0) is 16.3. The Morgan fingerprint density at radius 3 is 2.77 bits per heavy atom. The molecule has 0 saturated heterocycles. The molecule has 0 spiro atoms. The number of carbonyl (C=O) groups is 1. The van der Waals surface area contributed by atoms with E-state index in [4.69, 9.17) is 4.74 Å². The number of anilines is 1. The van der Waals surface area contributed by atoms with Crippen LogP contribution in [-0.4, -0.2) is 32.1 Å². The van der Waals surface area contributed by atoms with Crippen molar-refractivity contribution in [3.05, 3.63) is 29.8 Å². The van der Waals surface area contributed by atoms with Crippen LogP contribution in [0.2, 0.25) is 0 Å². The Morgan fingerprint density at radius 2 is 2.18 bits per heavy atom. The normalized spacial score (nSPS) is 11.7. The number of alkyl halides is 3. The molecule has 2 rings (SSSR count). The highest BCUT2D eigenvalue weighted by Crippen LogP contribution is 2.28. The third-order valence-electron chi connectivity index (χ3n) is 2.72. The van der Waals surface area contributed by atoms with Gasteiger partial charge in [-0.1, -0.05) is 0 Å². The van der Waals surface area contributed by atoms with Gasteiger partial charge >= 0.3 is 6.18 Å². The fourth-order valence-corrected chi connectivity index (χ4v) is 1.70. The third-order valence-corrected chi connectivity index (χ3v) is 2.72. The average Bonchev–Trinajstić information content (AvgIpc) is 3.02. The number of carbonyl (C=O) groups excluding carboxylic acids is 1. The van der Waals surface area contributed by atoms with E-state index in [1.54, 1.807) is 0 Å². The molecule has 0 radical (unpaired) electrons. The first-order valence-electron chi connectivity index (χ1n) is 6.34. The quantitative estimate of drug-likeness (QED) is 0.914. The molecule has 0 aliphatic heterocycles. The topological polar surface area (TPSA) is 74.0 Å². The molecule has 0 atom stereocenters. The van der Waals surface area contributed by atoms with E-state index < -0.39 is 17.8 Å². The lowest BCUT2D eigenvalue weighted by Gasteiger charge is -2.02. The molecule has 2 aromatic rings. The number of amides is 1. The van der Waals surface area contributed by atoms with Gasteiger partial charge in [-0.15, -0.1) is 0 Å². The summed E-state index contributed by atoms with van der Waals surface area (Å²) in [6.45, 7) is 2.56. The van der Waals surface area contributed by atoms with Crippen molar-refractivity contribution in [3.8, 4) is 0 Å². The smallest absolute Gasteiger partial charge is 0.360 e. The van der Waals surface area contributed by atoms with Gasteiger partial charge in [-0.2, -0.15) is 23.4 Å². The largest absolute Gasteiger partial charge is 0.435 e. The molecule has 0 aromatic carbocycles. The van der Waals surface area contributed by atoms with Gasteiger partial charge in [-0.05, 0) is 6.92 Å². The fourth-order valence-electron chi connectivity index (χ4n) is 1.70. The molecular weight excluding hydrogens is 303 g/mol. The summed E-state index contributed by atoms with van der Waals surface area (Å²) in [7, 11) is 1.27. The van der Waals surface area contributed by atoms with Crippen molar-refractivity contribution >= 4 is 11.6 Å². The molecule has 10 heteroatoms. The predicted molar refractivity (Wildman–Crippen MR) is 70.0 cm³/mol. The lowest BCUT2D eigenvalue weighted by atomic mass is 10.3. The molecule has 0 fully saturated rings. The Labute approximate surface area is 123 Å². The van der Waals surface area contributed by atoms with Gasteiger partial charge in [-0.3, -0.25) is 9.48 Å². The van der Waals surface area contributed by atoms with Crippen molar-refractivity contribution in [2.75, 3.05) is 11.9 Å². The van der Waals surface area contributed by atoms with Crippen LogP contribution in [0.5, 0.6) is 0 Å². The van der Waals surface area contributed by atoms with E-state index in [0.29, 0.717) is 18.4 Å². The van der Waals surface area contributed by atoms with Gasteiger partial charge in [0, 0.05) is 19.7 Å².